The van der Waals surface area contributed by atoms with Crippen LogP contribution in [0.3, 0.4) is 0 Å². The zero-order valence-electron chi connectivity index (χ0n) is 14.5. The number of hydrogen-bond donors (Lipinski definition) is 1. The zero-order chi connectivity index (χ0) is 20.3. The van der Waals surface area contributed by atoms with Gasteiger partial charge in [-0.2, -0.15) is 17.6 Å². The number of pyridine rings is 1. The monoisotopic (exact) mass is 412 g/mol. The summed E-state index contributed by atoms with van der Waals surface area (Å²) in [6, 6.07) is 8.62. The minimum Gasteiger partial charge on any atom is -0.345 e. The number of hydrogen-bond acceptors (Lipinski definition) is 3. The SMILES string of the molecule is O=C(c1cccc(F)n1)N1CCN(C(=S)Nc2ccc(C(F)(F)F)cc2)CC1. The van der Waals surface area contributed by atoms with E-state index >= 15 is 0 Å². The van der Waals surface area contributed by atoms with Crippen LogP contribution < -0.4 is 5.32 Å². The average Bonchev–Trinajstić information content (AvgIpc) is 2.67. The van der Waals surface area contributed by atoms with E-state index in [1.165, 1.54) is 30.3 Å². The maximum Gasteiger partial charge on any atom is 0.416 e. The number of halogens is 4. The normalized spacial score (nSPS) is 14.7. The van der Waals surface area contributed by atoms with E-state index in [0.29, 0.717) is 37.0 Å². The third-order valence-corrected chi connectivity index (χ3v) is 4.61. The van der Waals surface area contributed by atoms with Gasteiger partial charge in [-0.05, 0) is 48.6 Å². The van der Waals surface area contributed by atoms with Crippen LogP contribution in [0.2, 0.25) is 0 Å². The number of rotatable bonds is 2. The topological polar surface area (TPSA) is 48.5 Å². The molecule has 1 fully saturated rings. The van der Waals surface area contributed by atoms with Gasteiger partial charge in [0.15, 0.2) is 5.11 Å². The third kappa shape index (κ3) is 4.75. The molecule has 5 nitrogen and oxygen atoms in total. The Morgan fingerprint density at radius 1 is 1.00 bits per heavy atom. The molecule has 0 saturated carbocycles. The fraction of sp³-hybridized carbons (Fsp3) is 0.278. The summed E-state index contributed by atoms with van der Waals surface area (Å²) in [4.78, 5) is 19.3. The third-order valence-electron chi connectivity index (χ3n) is 4.25. The Balaban J connectivity index is 1.54. The van der Waals surface area contributed by atoms with Crippen molar-refractivity contribution in [2.24, 2.45) is 0 Å². The Morgan fingerprint density at radius 3 is 2.18 bits per heavy atom. The molecule has 148 valence electrons. The van der Waals surface area contributed by atoms with Gasteiger partial charge < -0.3 is 15.1 Å². The smallest absolute Gasteiger partial charge is 0.345 e. The summed E-state index contributed by atoms with van der Waals surface area (Å²) in [6.07, 6.45) is -4.39. The van der Waals surface area contributed by atoms with E-state index in [9.17, 15) is 22.4 Å². The molecule has 1 N–H and O–H groups in total. The number of nitrogens with one attached hydrogen (secondary N) is 1. The van der Waals surface area contributed by atoms with Crippen molar-refractivity contribution in [1.82, 2.24) is 14.8 Å². The fourth-order valence-corrected chi connectivity index (χ4v) is 3.05. The molecule has 1 aliphatic heterocycles. The second-order valence-corrected chi connectivity index (χ2v) is 6.52. The first-order valence-corrected chi connectivity index (χ1v) is 8.80. The number of benzene rings is 1. The zero-order valence-corrected chi connectivity index (χ0v) is 15.4. The molecule has 0 radical (unpaired) electrons. The van der Waals surface area contributed by atoms with Crippen molar-refractivity contribution in [3.63, 3.8) is 0 Å². The van der Waals surface area contributed by atoms with Crippen molar-refractivity contribution in [3.8, 4) is 0 Å². The molecule has 10 heteroatoms. The van der Waals surface area contributed by atoms with Crippen LogP contribution in [-0.2, 0) is 6.18 Å². The lowest BCUT2D eigenvalue weighted by molar-refractivity contribution is -0.137. The average molecular weight is 412 g/mol. The van der Waals surface area contributed by atoms with Gasteiger partial charge in [-0.25, -0.2) is 4.98 Å². The van der Waals surface area contributed by atoms with Gasteiger partial charge in [0.2, 0.25) is 5.95 Å². The number of carbonyl (C=O) groups is 1. The molecule has 1 aromatic carbocycles. The Morgan fingerprint density at radius 2 is 1.61 bits per heavy atom. The number of amides is 1. The first-order valence-electron chi connectivity index (χ1n) is 8.39. The van der Waals surface area contributed by atoms with Gasteiger partial charge in [0.1, 0.15) is 5.69 Å². The van der Waals surface area contributed by atoms with Crippen LogP contribution in [-0.4, -0.2) is 52.0 Å². The lowest BCUT2D eigenvalue weighted by atomic mass is 10.2. The summed E-state index contributed by atoms with van der Waals surface area (Å²) < 4.78 is 51.0. The number of piperazine rings is 1. The molecule has 2 heterocycles. The van der Waals surface area contributed by atoms with Crippen molar-refractivity contribution < 1.29 is 22.4 Å². The molecule has 0 unspecified atom stereocenters. The highest BCUT2D eigenvalue weighted by molar-refractivity contribution is 7.80. The van der Waals surface area contributed by atoms with Crippen LogP contribution in [0.25, 0.3) is 0 Å². The molecule has 1 amide bonds. The molecule has 0 bridgehead atoms. The molecule has 0 spiro atoms. The number of aromatic nitrogens is 1. The van der Waals surface area contributed by atoms with Gasteiger partial charge in [-0.3, -0.25) is 4.79 Å². The van der Waals surface area contributed by atoms with Gasteiger partial charge in [0.25, 0.3) is 5.91 Å². The van der Waals surface area contributed by atoms with E-state index in [2.05, 4.69) is 10.3 Å². The quantitative estimate of drug-likeness (QED) is 0.466. The molecular formula is C18H16F4N4OS. The minimum atomic E-state index is -4.39. The number of nitrogens with zero attached hydrogens (tertiary/aromatic N) is 3. The van der Waals surface area contributed by atoms with E-state index in [-0.39, 0.29) is 11.6 Å². The standard InChI is InChI=1S/C18H16F4N4OS/c19-15-3-1-2-14(24-15)16(27)25-8-10-26(11-9-25)17(28)23-13-6-4-12(5-7-13)18(20,21)22/h1-7H,8-11H2,(H,23,28). The first-order chi connectivity index (χ1) is 13.2. The predicted molar refractivity (Wildman–Crippen MR) is 99.3 cm³/mol. The lowest BCUT2D eigenvalue weighted by Gasteiger charge is -2.36. The van der Waals surface area contributed by atoms with Crippen molar-refractivity contribution in [2.75, 3.05) is 31.5 Å². The van der Waals surface area contributed by atoms with Crippen molar-refractivity contribution in [1.29, 1.82) is 0 Å². The van der Waals surface area contributed by atoms with Gasteiger partial charge in [0, 0.05) is 31.9 Å². The molecule has 28 heavy (non-hydrogen) atoms. The largest absolute Gasteiger partial charge is 0.416 e. The Labute approximate surface area is 164 Å². The van der Waals surface area contributed by atoms with Crippen LogP contribution in [0.4, 0.5) is 23.2 Å². The summed E-state index contributed by atoms with van der Waals surface area (Å²) >= 11 is 5.30. The van der Waals surface area contributed by atoms with Gasteiger partial charge in [-0.1, -0.05) is 6.07 Å². The van der Waals surface area contributed by atoms with Crippen molar-refractivity contribution in [2.45, 2.75) is 6.18 Å². The molecule has 1 aliphatic rings. The fourth-order valence-electron chi connectivity index (χ4n) is 2.75. The summed E-state index contributed by atoms with van der Waals surface area (Å²) in [5.74, 6) is -1.08. The summed E-state index contributed by atoms with van der Waals surface area (Å²) in [6.45, 7) is 1.61. The number of carbonyl (C=O) groups excluding carboxylic acids is 1. The van der Waals surface area contributed by atoms with Crippen LogP contribution in [0.5, 0.6) is 0 Å². The number of alkyl halides is 3. The maximum atomic E-state index is 13.2. The molecule has 0 atom stereocenters. The molecular weight excluding hydrogens is 396 g/mol. The van der Waals surface area contributed by atoms with E-state index < -0.39 is 17.7 Å². The van der Waals surface area contributed by atoms with Crippen LogP contribution in [0.1, 0.15) is 16.1 Å². The number of thiocarbonyl (C=S) groups is 1. The highest BCUT2D eigenvalue weighted by Gasteiger charge is 2.30. The summed E-state index contributed by atoms with van der Waals surface area (Å²) in [5, 5.41) is 3.26. The highest BCUT2D eigenvalue weighted by Crippen LogP contribution is 2.29. The van der Waals surface area contributed by atoms with Gasteiger partial charge in [-0.15, -0.1) is 0 Å². The molecule has 0 aliphatic carbocycles. The van der Waals surface area contributed by atoms with Crippen LogP contribution in [0.15, 0.2) is 42.5 Å². The predicted octanol–water partition coefficient (Wildman–Crippen LogP) is 3.39. The molecule has 1 aromatic heterocycles. The lowest BCUT2D eigenvalue weighted by Crippen LogP contribution is -2.51. The minimum absolute atomic E-state index is 0.0407. The number of anilines is 1. The van der Waals surface area contributed by atoms with Crippen molar-refractivity contribution >= 4 is 28.9 Å². The molecule has 3 rings (SSSR count). The Kier molecular flexibility index (Phi) is 5.78. The Hall–Kier alpha value is -2.75. The Bertz CT molecular complexity index is 865. The molecule has 1 saturated heterocycles. The first kappa shape index (κ1) is 20.0. The van der Waals surface area contributed by atoms with E-state index in [4.69, 9.17) is 12.2 Å². The van der Waals surface area contributed by atoms with Gasteiger partial charge >= 0.3 is 6.18 Å². The second-order valence-electron chi connectivity index (χ2n) is 6.13. The van der Waals surface area contributed by atoms with Gasteiger partial charge in [0.05, 0.1) is 5.56 Å². The van der Waals surface area contributed by atoms with Crippen molar-refractivity contribution in [3.05, 3.63) is 59.7 Å². The summed E-state index contributed by atoms with van der Waals surface area (Å²) in [7, 11) is 0. The maximum absolute atomic E-state index is 13.2. The highest BCUT2D eigenvalue weighted by atomic mass is 32.1. The summed E-state index contributed by atoms with van der Waals surface area (Å²) in [5.41, 5.74) is -0.249. The molecule has 2 aromatic rings. The van der Waals surface area contributed by atoms with E-state index in [1.54, 1.807) is 4.90 Å². The second kappa shape index (κ2) is 8.09. The van der Waals surface area contributed by atoms with E-state index in [0.717, 1.165) is 12.1 Å². The van der Waals surface area contributed by atoms with Crippen LogP contribution in [0, 0.1) is 5.95 Å². The van der Waals surface area contributed by atoms with E-state index in [1.807, 2.05) is 4.90 Å². The van der Waals surface area contributed by atoms with Crippen LogP contribution >= 0.6 is 12.2 Å².